The normalized spacial score (nSPS) is 11.4. The predicted molar refractivity (Wildman–Crippen MR) is 74.1 cm³/mol. The third-order valence-electron chi connectivity index (χ3n) is 2.66. The quantitative estimate of drug-likeness (QED) is 0.837. The van der Waals surface area contributed by atoms with Crippen molar-refractivity contribution in [3.63, 3.8) is 0 Å². The number of carbonyl (C=O) groups is 1. The Labute approximate surface area is 117 Å². The van der Waals surface area contributed by atoms with Crippen LogP contribution in [0, 0.1) is 5.82 Å². The minimum atomic E-state index is -4.07. The average molecular weight is 300 g/mol. The van der Waals surface area contributed by atoms with Gasteiger partial charge in [-0.1, -0.05) is 6.08 Å². The topological polar surface area (TPSA) is 80.5 Å². The second-order valence-electron chi connectivity index (χ2n) is 4.56. The lowest BCUT2D eigenvalue weighted by Gasteiger charge is -2.25. The molecule has 0 spiro atoms. The monoisotopic (exact) mass is 300 g/mol. The molecule has 7 heteroatoms. The summed E-state index contributed by atoms with van der Waals surface area (Å²) in [6.45, 7) is 7.41. The lowest BCUT2D eigenvalue weighted by molar-refractivity contribution is 0.0728. The van der Waals surface area contributed by atoms with E-state index in [1.165, 1.54) is 11.0 Å². The van der Waals surface area contributed by atoms with E-state index in [1.54, 1.807) is 13.8 Å². The summed E-state index contributed by atoms with van der Waals surface area (Å²) in [4.78, 5) is 13.3. The van der Waals surface area contributed by atoms with E-state index >= 15 is 0 Å². The molecule has 1 aromatic carbocycles. The molecule has 1 aromatic rings. The molecule has 1 amide bonds. The van der Waals surface area contributed by atoms with Crippen molar-refractivity contribution in [2.75, 3.05) is 6.54 Å². The lowest BCUT2D eigenvalue weighted by atomic mass is 10.1. The molecule has 0 unspecified atom stereocenters. The number of sulfonamides is 1. The molecule has 0 bridgehead atoms. The molecule has 0 fully saturated rings. The zero-order valence-corrected chi connectivity index (χ0v) is 12.2. The number of hydrogen-bond acceptors (Lipinski definition) is 3. The van der Waals surface area contributed by atoms with Crippen molar-refractivity contribution in [3.05, 3.63) is 42.2 Å². The Bertz CT molecular complexity index is 627. The summed E-state index contributed by atoms with van der Waals surface area (Å²) in [7, 11) is -4.07. The Morgan fingerprint density at radius 1 is 1.45 bits per heavy atom. The maximum atomic E-state index is 13.5. The van der Waals surface area contributed by atoms with Gasteiger partial charge in [0.25, 0.3) is 5.91 Å². The number of hydrogen-bond donors (Lipinski definition) is 1. The van der Waals surface area contributed by atoms with Crippen molar-refractivity contribution >= 4 is 15.9 Å². The molecule has 0 aliphatic carbocycles. The van der Waals surface area contributed by atoms with Gasteiger partial charge in [-0.2, -0.15) is 0 Å². The van der Waals surface area contributed by atoms with Gasteiger partial charge >= 0.3 is 0 Å². The van der Waals surface area contributed by atoms with Crippen molar-refractivity contribution in [2.24, 2.45) is 5.14 Å². The van der Waals surface area contributed by atoms with Crippen LogP contribution in [0.25, 0.3) is 0 Å². The Morgan fingerprint density at radius 3 is 2.50 bits per heavy atom. The van der Waals surface area contributed by atoms with Gasteiger partial charge in [0.1, 0.15) is 5.82 Å². The van der Waals surface area contributed by atoms with E-state index < -0.39 is 26.6 Å². The first-order valence-electron chi connectivity index (χ1n) is 5.92. The molecule has 0 atom stereocenters. The molecule has 5 nitrogen and oxygen atoms in total. The molecule has 0 aliphatic rings. The SMILES string of the molecule is C=CCN(C(=O)c1cc(F)cc(S(N)(=O)=O)c1)C(C)C. The highest BCUT2D eigenvalue weighted by Gasteiger charge is 2.20. The molecule has 20 heavy (non-hydrogen) atoms. The summed E-state index contributed by atoms with van der Waals surface area (Å²) in [6.07, 6.45) is 1.54. The smallest absolute Gasteiger partial charge is 0.254 e. The van der Waals surface area contributed by atoms with Crippen LogP contribution >= 0.6 is 0 Å². The van der Waals surface area contributed by atoms with Crippen molar-refractivity contribution in [3.8, 4) is 0 Å². The van der Waals surface area contributed by atoms with Crippen LogP contribution in [-0.2, 0) is 10.0 Å². The molecule has 0 radical (unpaired) electrons. The first-order chi connectivity index (χ1) is 9.16. The Hall–Kier alpha value is -1.73. The Morgan fingerprint density at radius 2 is 2.05 bits per heavy atom. The van der Waals surface area contributed by atoms with Gasteiger partial charge in [-0.05, 0) is 32.0 Å². The van der Waals surface area contributed by atoms with Crippen LogP contribution < -0.4 is 5.14 Å². The van der Waals surface area contributed by atoms with Crippen LogP contribution in [0.2, 0.25) is 0 Å². The fourth-order valence-corrected chi connectivity index (χ4v) is 2.25. The number of amides is 1. The zero-order valence-electron chi connectivity index (χ0n) is 11.3. The molecular weight excluding hydrogens is 283 g/mol. The summed E-state index contributed by atoms with van der Waals surface area (Å²) in [5.74, 6) is -1.31. The molecule has 0 aromatic heterocycles. The van der Waals surface area contributed by atoms with E-state index in [2.05, 4.69) is 6.58 Å². The minimum absolute atomic E-state index is 0.0652. The summed E-state index contributed by atoms with van der Waals surface area (Å²) >= 11 is 0. The van der Waals surface area contributed by atoms with Crippen LogP contribution in [0.1, 0.15) is 24.2 Å². The molecule has 0 aliphatic heterocycles. The van der Waals surface area contributed by atoms with Crippen LogP contribution in [-0.4, -0.2) is 31.8 Å². The average Bonchev–Trinajstić information content (AvgIpc) is 2.33. The fraction of sp³-hybridized carbons (Fsp3) is 0.308. The van der Waals surface area contributed by atoms with Crippen molar-refractivity contribution in [2.45, 2.75) is 24.8 Å². The van der Waals surface area contributed by atoms with Gasteiger partial charge in [0.15, 0.2) is 0 Å². The third-order valence-corrected chi connectivity index (χ3v) is 3.55. The number of carbonyl (C=O) groups excluding carboxylic acids is 1. The van der Waals surface area contributed by atoms with Crippen LogP contribution in [0.3, 0.4) is 0 Å². The summed E-state index contributed by atoms with van der Waals surface area (Å²) in [5, 5.41) is 4.95. The summed E-state index contributed by atoms with van der Waals surface area (Å²) in [5.41, 5.74) is -0.0652. The molecule has 2 N–H and O–H groups in total. The number of nitrogens with two attached hydrogens (primary N) is 1. The van der Waals surface area contributed by atoms with E-state index in [-0.39, 0.29) is 18.2 Å². The number of benzene rings is 1. The minimum Gasteiger partial charge on any atom is -0.333 e. The second-order valence-corrected chi connectivity index (χ2v) is 6.12. The highest BCUT2D eigenvalue weighted by atomic mass is 32.2. The van der Waals surface area contributed by atoms with E-state index in [0.717, 1.165) is 18.2 Å². The number of primary sulfonamides is 1. The lowest BCUT2D eigenvalue weighted by Crippen LogP contribution is -2.37. The van der Waals surface area contributed by atoms with Gasteiger partial charge in [-0.3, -0.25) is 4.79 Å². The maximum Gasteiger partial charge on any atom is 0.254 e. The number of halogens is 1. The van der Waals surface area contributed by atoms with Gasteiger partial charge in [0, 0.05) is 18.2 Å². The Kier molecular flexibility index (Phi) is 5.02. The standard InChI is InChI=1S/C13H17FN2O3S/c1-4-5-16(9(2)3)13(17)10-6-11(14)8-12(7-10)20(15,18)19/h4,6-9H,1,5H2,2-3H3,(H2,15,18,19). The van der Waals surface area contributed by atoms with Crippen molar-refractivity contribution in [1.82, 2.24) is 4.90 Å². The second kappa shape index (κ2) is 6.15. The predicted octanol–water partition coefficient (Wildman–Crippen LogP) is 1.51. The summed E-state index contributed by atoms with van der Waals surface area (Å²) < 4.78 is 36.0. The van der Waals surface area contributed by atoms with Crippen LogP contribution in [0.5, 0.6) is 0 Å². The zero-order chi connectivity index (χ0) is 15.5. The van der Waals surface area contributed by atoms with E-state index in [9.17, 15) is 17.6 Å². The molecule has 0 heterocycles. The first-order valence-corrected chi connectivity index (χ1v) is 7.46. The van der Waals surface area contributed by atoms with E-state index in [0.29, 0.717) is 0 Å². The van der Waals surface area contributed by atoms with E-state index in [1.807, 2.05) is 0 Å². The summed E-state index contributed by atoms with van der Waals surface area (Å²) in [6, 6.07) is 2.69. The molecular formula is C13H17FN2O3S. The maximum absolute atomic E-state index is 13.5. The first kappa shape index (κ1) is 16.3. The largest absolute Gasteiger partial charge is 0.333 e. The number of nitrogens with zero attached hydrogens (tertiary/aromatic N) is 1. The third kappa shape index (κ3) is 3.88. The van der Waals surface area contributed by atoms with Crippen LogP contribution in [0.15, 0.2) is 35.7 Å². The van der Waals surface area contributed by atoms with Crippen molar-refractivity contribution < 1.29 is 17.6 Å². The Balaban J connectivity index is 3.28. The fourth-order valence-electron chi connectivity index (χ4n) is 1.68. The molecule has 110 valence electrons. The van der Waals surface area contributed by atoms with E-state index in [4.69, 9.17) is 5.14 Å². The molecule has 0 saturated heterocycles. The van der Waals surface area contributed by atoms with Gasteiger partial charge < -0.3 is 4.90 Å². The van der Waals surface area contributed by atoms with Gasteiger partial charge in [0.2, 0.25) is 10.0 Å². The highest BCUT2D eigenvalue weighted by Crippen LogP contribution is 2.16. The molecule has 0 saturated carbocycles. The van der Waals surface area contributed by atoms with Gasteiger partial charge in [-0.25, -0.2) is 17.9 Å². The molecule has 1 rings (SSSR count). The number of rotatable bonds is 5. The van der Waals surface area contributed by atoms with Gasteiger partial charge in [0.05, 0.1) is 4.90 Å². The van der Waals surface area contributed by atoms with Crippen molar-refractivity contribution in [1.29, 1.82) is 0 Å². The van der Waals surface area contributed by atoms with Crippen LogP contribution in [0.4, 0.5) is 4.39 Å². The highest BCUT2D eigenvalue weighted by molar-refractivity contribution is 7.89. The van der Waals surface area contributed by atoms with Gasteiger partial charge in [-0.15, -0.1) is 6.58 Å².